The Kier molecular flexibility index (Phi) is 4.01. The number of aliphatic hydroxyl groups excluding tert-OH is 3. The zero-order valence-corrected chi connectivity index (χ0v) is 15.8. The number of rotatable bonds is 2. The first-order valence-electron chi connectivity index (χ1n) is 9.81. The van der Waals surface area contributed by atoms with Gasteiger partial charge in [-0.25, -0.2) is 0 Å². The monoisotopic (exact) mass is 376 g/mol. The highest BCUT2D eigenvalue weighted by Gasteiger charge is 2.70. The van der Waals surface area contributed by atoms with Crippen LogP contribution in [0.1, 0.15) is 46.0 Å². The van der Waals surface area contributed by atoms with Gasteiger partial charge in [-0.2, -0.15) is 0 Å². The van der Waals surface area contributed by atoms with Gasteiger partial charge in [-0.3, -0.25) is 9.59 Å². The molecule has 7 atom stereocenters. The zero-order chi connectivity index (χ0) is 19.8. The molecule has 0 amide bonds. The van der Waals surface area contributed by atoms with Crippen molar-refractivity contribution in [2.75, 3.05) is 6.61 Å². The lowest BCUT2D eigenvalue weighted by Crippen LogP contribution is -2.61. The molecule has 0 spiro atoms. The van der Waals surface area contributed by atoms with Crippen molar-refractivity contribution in [1.29, 1.82) is 0 Å². The fourth-order valence-electron chi connectivity index (χ4n) is 6.95. The molecular formula is C21H28O6. The lowest BCUT2D eigenvalue weighted by molar-refractivity contribution is -0.177. The normalized spacial score (nSPS) is 48.9. The van der Waals surface area contributed by atoms with E-state index in [9.17, 15) is 30.0 Å². The maximum Gasteiger partial charge on any atom is 0.192 e. The number of hydrogen-bond donors (Lipinski definition) is 4. The van der Waals surface area contributed by atoms with Crippen LogP contribution in [0.2, 0.25) is 0 Å². The van der Waals surface area contributed by atoms with Gasteiger partial charge in [0.1, 0.15) is 12.4 Å². The average molecular weight is 376 g/mol. The first kappa shape index (κ1) is 18.8. The fraction of sp³-hybridized carbons (Fsp3) is 0.714. The average Bonchev–Trinajstić information content (AvgIpc) is 2.83. The van der Waals surface area contributed by atoms with Gasteiger partial charge in [-0.1, -0.05) is 12.5 Å². The fourth-order valence-corrected chi connectivity index (χ4v) is 6.95. The third kappa shape index (κ3) is 2.12. The Morgan fingerprint density at radius 3 is 2.59 bits per heavy atom. The molecule has 4 aliphatic carbocycles. The Balaban J connectivity index is 1.75. The van der Waals surface area contributed by atoms with Crippen molar-refractivity contribution in [2.45, 2.75) is 57.7 Å². The number of hydrogen-bond acceptors (Lipinski definition) is 6. The van der Waals surface area contributed by atoms with Gasteiger partial charge in [0.15, 0.2) is 17.2 Å². The number of carbonyl (C=O) groups excluding carboxylic acids is 2. The van der Waals surface area contributed by atoms with Crippen molar-refractivity contribution in [2.24, 2.45) is 28.6 Å². The quantitative estimate of drug-likeness (QED) is 0.580. The van der Waals surface area contributed by atoms with Crippen LogP contribution >= 0.6 is 0 Å². The smallest absolute Gasteiger partial charge is 0.192 e. The summed E-state index contributed by atoms with van der Waals surface area (Å²) in [6.07, 6.45) is 4.70. The molecule has 0 heterocycles. The molecule has 4 rings (SSSR count). The molecule has 2 unspecified atom stereocenters. The van der Waals surface area contributed by atoms with E-state index in [0.717, 1.165) is 12.0 Å². The Morgan fingerprint density at radius 1 is 1.22 bits per heavy atom. The highest BCUT2D eigenvalue weighted by atomic mass is 16.4. The van der Waals surface area contributed by atoms with Crippen LogP contribution in [-0.2, 0) is 9.59 Å². The highest BCUT2D eigenvalue weighted by Crippen LogP contribution is 2.67. The van der Waals surface area contributed by atoms with Crippen LogP contribution in [0.4, 0.5) is 0 Å². The number of fused-ring (bicyclic) bond motifs is 5. The van der Waals surface area contributed by atoms with Gasteiger partial charge < -0.3 is 20.4 Å². The minimum absolute atomic E-state index is 0.0821. The summed E-state index contributed by atoms with van der Waals surface area (Å²) < 4.78 is 0. The molecule has 148 valence electrons. The van der Waals surface area contributed by atoms with E-state index in [1.807, 2.05) is 13.8 Å². The number of allylic oxidation sites excluding steroid dienone is 3. The van der Waals surface area contributed by atoms with Crippen LogP contribution in [0.3, 0.4) is 0 Å². The lowest BCUT2D eigenvalue weighted by atomic mass is 9.46. The largest absolute Gasteiger partial charge is 0.511 e. The second kappa shape index (κ2) is 5.75. The van der Waals surface area contributed by atoms with Crippen molar-refractivity contribution >= 4 is 11.6 Å². The lowest BCUT2D eigenvalue weighted by Gasteiger charge is -2.58. The topological polar surface area (TPSA) is 115 Å². The van der Waals surface area contributed by atoms with Crippen LogP contribution in [-0.4, -0.2) is 50.3 Å². The maximum absolute atomic E-state index is 12.4. The SMILES string of the molecule is CC12C(O)=CC(=O)C=C1CC[C@@H]1C2CC[C@@]2(C)[C@H]1C[C@@H](O)[C@]2(O)C(=O)CO. The molecule has 3 saturated carbocycles. The van der Waals surface area contributed by atoms with E-state index in [2.05, 4.69) is 0 Å². The Morgan fingerprint density at radius 2 is 1.93 bits per heavy atom. The molecular weight excluding hydrogens is 348 g/mol. The first-order valence-corrected chi connectivity index (χ1v) is 9.81. The number of ketones is 2. The minimum Gasteiger partial charge on any atom is -0.511 e. The van der Waals surface area contributed by atoms with Gasteiger partial charge in [0.25, 0.3) is 0 Å². The molecule has 0 aromatic rings. The van der Waals surface area contributed by atoms with Gasteiger partial charge in [0.05, 0.1) is 6.10 Å². The van der Waals surface area contributed by atoms with Gasteiger partial charge in [0, 0.05) is 16.9 Å². The van der Waals surface area contributed by atoms with E-state index >= 15 is 0 Å². The van der Waals surface area contributed by atoms with Gasteiger partial charge in [0.2, 0.25) is 0 Å². The first-order chi connectivity index (χ1) is 12.6. The molecule has 27 heavy (non-hydrogen) atoms. The van der Waals surface area contributed by atoms with Crippen molar-refractivity contribution in [1.82, 2.24) is 0 Å². The molecule has 6 nitrogen and oxygen atoms in total. The summed E-state index contributed by atoms with van der Waals surface area (Å²) in [7, 11) is 0. The predicted molar refractivity (Wildman–Crippen MR) is 96.6 cm³/mol. The highest BCUT2D eigenvalue weighted by molar-refractivity contribution is 6.01. The molecule has 3 fully saturated rings. The summed E-state index contributed by atoms with van der Waals surface area (Å²) in [5, 5.41) is 41.8. The molecule has 6 heteroatoms. The Labute approximate surface area is 158 Å². The molecule has 0 saturated heterocycles. The van der Waals surface area contributed by atoms with Gasteiger partial charge in [-0.05, 0) is 62.9 Å². The third-order valence-electron chi connectivity index (χ3n) is 8.51. The number of aliphatic hydroxyl groups is 4. The summed E-state index contributed by atoms with van der Waals surface area (Å²) in [5.41, 5.74) is -2.40. The molecule has 0 radical (unpaired) electrons. The molecule has 4 aliphatic rings. The summed E-state index contributed by atoms with van der Waals surface area (Å²) in [6.45, 7) is 3.04. The van der Waals surface area contributed by atoms with Crippen LogP contribution in [0.15, 0.2) is 23.5 Å². The Bertz CT molecular complexity index is 769. The second-order valence-corrected chi connectivity index (χ2v) is 9.27. The standard InChI is InChI=1S/C21H28O6/c1-19-6-5-14-13(15(19)9-17(25)21(19,27)18(26)10-22)4-3-11-7-12(23)8-16(24)20(11,14)2/h7-8,13-15,17,22,24-25,27H,3-6,9-10H2,1-2H3/t13-,14?,15+,17-,19+,20?,21+/m1/s1. The maximum atomic E-state index is 12.4. The Hall–Kier alpha value is -1.50. The minimum atomic E-state index is -1.94. The van der Waals surface area contributed by atoms with Gasteiger partial charge >= 0.3 is 0 Å². The van der Waals surface area contributed by atoms with Crippen LogP contribution < -0.4 is 0 Å². The van der Waals surface area contributed by atoms with E-state index in [1.54, 1.807) is 6.08 Å². The van der Waals surface area contributed by atoms with E-state index in [4.69, 9.17) is 0 Å². The summed E-state index contributed by atoms with van der Waals surface area (Å²) >= 11 is 0. The second-order valence-electron chi connectivity index (χ2n) is 9.27. The van der Waals surface area contributed by atoms with Crippen LogP contribution in [0, 0.1) is 28.6 Å². The predicted octanol–water partition coefficient (Wildman–Crippen LogP) is 1.44. The van der Waals surface area contributed by atoms with E-state index in [0.29, 0.717) is 25.7 Å². The van der Waals surface area contributed by atoms with Crippen LogP contribution in [0.5, 0.6) is 0 Å². The third-order valence-corrected chi connectivity index (χ3v) is 8.51. The van der Waals surface area contributed by atoms with Crippen molar-refractivity contribution in [3.8, 4) is 0 Å². The summed E-state index contributed by atoms with van der Waals surface area (Å²) in [5.74, 6) is -0.687. The van der Waals surface area contributed by atoms with Crippen LogP contribution in [0.25, 0.3) is 0 Å². The molecule has 0 aromatic carbocycles. The van der Waals surface area contributed by atoms with E-state index < -0.39 is 34.9 Å². The zero-order valence-electron chi connectivity index (χ0n) is 15.8. The molecule has 0 aliphatic heterocycles. The van der Waals surface area contributed by atoms with Crippen molar-refractivity contribution in [3.63, 3.8) is 0 Å². The number of carbonyl (C=O) groups is 2. The molecule has 0 aromatic heterocycles. The number of Topliss-reactive ketones (excluding diaryl/α,β-unsaturated/α-hetero) is 1. The summed E-state index contributed by atoms with van der Waals surface area (Å²) in [4.78, 5) is 24.3. The molecule has 4 N–H and O–H groups in total. The van der Waals surface area contributed by atoms with Crippen molar-refractivity contribution < 1.29 is 30.0 Å². The van der Waals surface area contributed by atoms with E-state index in [-0.39, 0.29) is 29.3 Å². The van der Waals surface area contributed by atoms with Crippen molar-refractivity contribution in [3.05, 3.63) is 23.5 Å². The molecule has 0 bridgehead atoms. The van der Waals surface area contributed by atoms with Gasteiger partial charge in [-0.15, -0.1) is 0 Å². The van der Waals surface area contributed by atoms with E-state index in [1.165, 1.54) is 6.08 Å². The summed E-state index contributed by atoms with van der Waals surface area (Å²) in [6, 6.07) is 0.